The molecule has 34 heavy (non-hydrogen) atoms. The number of halogens is 4. The van der Waals surface area contributed by atoms with Crippen LogP contribution in [0.25, 0.3) is 0 Å². The Morgan fingerprint density at radius 2 is 2.00 bits per heavy atom. The van der Waals surface area contributed by atoms with Crippen molar-refractivity contribution in [1.82, 2.24) is 14.5 Å². The summed E-state index contributed by atoms with van der Waals surface area (Å²) in [5.41, 5.74) is -3.02. The Kier molecular flexibility index (Phi) is 7.58. The lowest BCUT2D eigenvalue weighted by atomic mass is 10.1. The van der Waals surface area contributed by atoms with Crippen molar-refractivity contribution in [3.05, 3.63) is 67.7 Å². The molecule has 1 saturated heterocycles. The number of amides is 1. The summed E-state index contributed by atoms with van der Waals surface area (Å²) in [4.78, 5) is 37.4. The van der Waals surface area contributed by atoms with Crippen molar-refractivity contribution in [3.63, 3.8) is 0 Å². The maximum atomic E-state index is 13.4. The zero-order valence-electron chi connectivity index (χ0n) is 18.0. The highest BCUT2D eigenvalue weighted by Gasteiger charge is 2.36. The maximum Gasteiger partial charge on any atom is 0.419 e. The zero-order chi connectivity index (χ0) is 25.2. The molecule has 0 spiro atoms. The Morgan fingerprint density at radius 1 is 1.29 bits per heavy atom. The van der Waals surface area contributed by atoms with Gasteiger partial charge in [-0.15, -0.1) is 0 Å². The van der Waals surface area contributed by atoms with Crippen LogP contribution in [0.3, 0.4) is 0 Å². The fourth-order valence-electron chi connectivity index (χ4n) is 3.64. The first kappa shape index (κ1) is 25.6. The van der Waals surface area contributed by atoms with Crippen LogP contribution in [0, 0.1) is 12.7 Å². The van der Waals surface area contributed by atoms with E-state index in [1.807, 2.05) is 0 Å². The number of carbonyl (C=O) groups excluding carboxylic acids is 1. The summed E-state index contributed by atoms with van der Waals surface area (Å²) in [7, 11) is 0. The SMILES string of the molecule is Cc1cn([C@H]2C[C@H](O)[C@@H](CO)O2)c(=O)n(CCCNC(=O)c2ccc([18F])c(C(F)(F)F)c2)c1=O. The first-order valence-electron chi connectivity index (χ1n) is 10.4. The van der Waals surface area contributed by atoms with Gasteiger partial charge >= 0.3 is 11.9 Å². The average molecular weight is 488 g/mol. The van der Waals surface area contributed by atoms with Gasteiger partial charge in [0.05, 0.1) is 18.3 Å². The molecule has 0 unspecified atom stereocenters. The van der Waals surface area contributed by atoms with E-state index in [4.69, 9.17) is 4.74 Å². The molecule has 2 aromatic rings. The van der Waals surface area contributed by atoms with Crippen LogP contribution >= 0.6 is 0 Å². The number of aryl methyl sites for hydroxylation is 1. The number of aliphatic hydroxyl groups excluding tert-OH is 2. The number of nitrogens with zero attached hydrogens (tertiary/aromatic N) is 2. The fraction of sp³-hybridized carbons (Fsp3) is 0.476. The predicted molar refractivity (Wildman–Crippen MR) is 110 cm³/mol. The highest BCUT2D eigenvalue weighted by Crippen LogP contribution is 2.32. The molecule has 3 atom stereocenters. The molecule has 1 aliphatic heterocycles. The zero-order valence-corrected chi connectivity index (χ0v) is 18.0. The summed E-state index contributed by atoms with van der Waals surface area (Å²) in [6, 6.07) is 1.87. The quantitative estimate of drug-likeness (QED) is 0.394. The van der Waals surface area contributed by atoms with Crippen LogP contribution in [0.15, 0.2) is 34.0 Å². The summed E-state index contributed by atoms with van der Waals surface area (Å²) >= 11 is 0. The standard InChI is InChI=1S/C21H23F4N3O6/c1-11-9-28(17-8-15(30)16(10-29)34-17)20(33)27(19(11)32)6-2-5-26-18(31)12-3-4-14(22)13(7-12)21(23,24)25/h3-4,7,9,15-17,29-30H,2,5-6,8,10H2,1H3,(H,26,31)/t15-,16+,17+/m0/s1/i22-1. The van der Waals surface area contributed by atoms with E-state index in [1.54, 1.807) is 0 Å². The molecule has 3 rings (SSSR count). The van der Waals surface area contributed by atoms with Gasteiger partial charge in [-0.2, -0.15) is 13.2 Å². The predicted octanol–water partition coefficient (Wildman–Crippen LogP) is 0.937. The number of carbonyl (C=O) groups is 1. The number of benzene rings is 1. The summed E-state index contributed by atoms with van der Waals surface area (Å²) in [5, 5.41) is 21.5. The van der Waals surface area contributed by atoms with E-state index in [0.29, 0.717) is 12.1 Å². The van der Waals surface area contributed by atoms with Crippen molar-refractivity contribution in [3.8, 4) is 0 Å². The third-order valence-electron chi connectivity index (χ3n) is 5.44. The van der Waals surface area contributed by atoms with Gasteiger partial charge in [-0.3, -0.25) is 18.7 Å². The van der Waals surface area contributed by atoms with Gasteiger partial charge < -0.3 is 20.3 Å². The molecule has 0 bridgehead atoms. The molecule has 1 aliphatic rings. The van der Waals surface area contributed by atoms with E-state index in [-0.39, 0.29) is 37.1 Å². The van der Waals surface area contributed by atoms with Crippen LogP contribution in [-0.4, -0.2) is 50.6 Å². The average Bonchev–Trinajstić information content (AvgIpc) is 3.15. The van der Waals surface area contributed by atoms with Crippen LogP contribution in [0.4, 0.5) is 17.6 Å². The number of nitrogens with one attached hydrogen (secondary N) is 1. The third-order valence-corrected chi connectivity index (χ3v) is 5.44. The van der Waals surface area contributed by atoms with E-state index in [9.17, 15) is 42.2 Å². The lowest BCUT2D eigenvalue weighted by molar-refractivity contribution is -0.140. The molecule has 2 heterocycles. The smallest absolute Gasteiger partial charge is 0.394 e. The number of aliphatic hydroxyl groups is 2. The van der Waals surface area contributed by atoms with Gasteiger partial charge in [0, 0.05) is 36.8 Å². The van der Waals surface area contributed by atoms with Gasteiger partial charge in [0.15, 0.2) is 0 Å². The Bertz CT molecular complexity index is 1180. The van der Waals surface area contributed by atoms with Gasteiger partial charge in [0.25, 0.3) is 11.5 Å². The number of aromatic nitrogens is 2. The van der Waals surface area contributed by atoms with Gasteiger partial charge in [-0.25, -0.2) is 9.18 Å². The van der Waals surface area contributed by atoms with Crippen molar-refractivity contribution in [2.24, 2.45) is 0 Å². The minimum Gasteiger partial charge on any atom is -0.394 e. The van der Waals surface area contributed by atoms with Gasteiger partial charge in [0.2, 0.25) is 0 Å². The maximum absolute atomic E-state index is 13.4. The summed E-state index contributed by atoms with van der Waals surface area (Å²) < 4.78 is 59.4. The molecule has 1 aromatic heterocycles. The highest BCUT2D eigenvalue weighted by molar-refractivity contribution is 5.94. The molecule has 9 nitrogen and oxygen atoms in total. The minimum absolute atomic E-state index is 0.0381. The summed E-state index contributed by atoms with van der Waals surface area (Å²) in [6.07, 6.45) is -6.26. The molecule has 0 radical (unpaired) electrons. The second-order valence-corrected chi connectivity index (χ2v) is 7.88. The normalized spacial score (nSPS) is 20.5. The van der Waals surface area contributed by atoms with Gasteiger partial charge in [0.1, 0.15) is 18.1 Å². The Morgan fingerprint density at radius 3 is 2.62 bits per heavy atom. The van der Waals surface area contributed by atoms with Crippen molar-refractivity contribution in [2.75, 3.05) is 13.2 Å². The Labute approximate surface area is 190 Å². The molecule has 0 saturated carbocycles. The van der Waals surface area contributed by atoms with Gasteiger partial charge in [-0.1, -0.05) is 0 Å². The van der Waals surface area contributed by atoms with Crippen molar-refractivity contribution in [2.45, 2.75) is 50.9 Å². The number of ether oxygens (including phenoxy) is 1. The highest BCUT2D eigenvalue weighted by atomic mass is 19.4. The molecule has 1 aromatic carbocycles. The molecular formula is C21H23F4N3O6. The number of rotatable bonds is 7. The van der Waals surface area contributed by atoms with Gasteiger partial charge in [-0.05, 0) is 31.5 Å². The first-order valence-corrected chi connectivity index (χ1v) is 10.4. The number of hydrogen-bond donors (Lipinski definition) is 3. The minimum atomic E-state index is -4.96. The van der Waals surface area contributed by atoms with E-state index in [1.165, 1.54) is 13.1 Å². The van der Waals surface area contributed by atoms with E-state index in [0.717, 1.165) is 15.2 Å². The van der Waals surface area contributed by atoms with Crippen molar-refractivity contribution < 1.29 is 37.3 Å². The van der Waals surface area contributed by atoms with Crippen LogP contribution < -0.4 is 16.6 Å². The molecule has 0 aliphatic carbocycles. The monoisotopic (exact) mass is 488 g/mol. The van der Waals surface area contributed by atoms with E-state index < -0.39 is 59.8 Å². The van der Waals surface area contributed by atoms with Crippen LogP contribution in [-0.2, 0) is 17.5 Å². The van der Waals surface area contributed by atoms with Crippen LogP contribution in [0.5, 0.6) is 0 Å². The molecule has 186 valence electrons. The molecule has 13 heteroatoms. The second-order valence-electron chi connectivity index (χ2n) is 7.88. The van der Waals surface area contributed by atoms with Crippen molar-refractivity contribution in [1.29, 1.82) is 0 Å². The lowest BCUT2D eigenvalue weighted by Crippen LogP contribution is -2.42. The second kappa shape index (κ2) is 10.1. The summed E-state index contributed by atoms with van der Waals surface area (Å²) in [6.45, 7) is 0.847. The molecule has 3 N–H and O–H groups in total. The van der Waals surface area contributed by atoms with E-state index >= 15 is 0 Å². The molecule has 1 fully saturated rings. The lowest BCUT2D eigenvalue weighted by Gasteiger charge is -2.17. The number of hydrogen-bond acceptors (Lipinski definition) is 6. The third kappa shape index (κ3) is 5.37. The summed E-state index contributed by atoms with van der Waals surface area (Å²) in [5.74, 6) is -2.37. The van der Waals surface area contributed by atoms with Crippen molar-refractivity contribution >= 4 is 5.91 Å². The first-order chi connectivity index (χ1) is 15.9. The molecule has 1 amide bonds. The largest absolute Gasteiger partial charge is 0.419 e. The Balaban J connectivity index is 1.68. The number of alkyl halides is 3. The van der Waals surface area contributed by atoms with E-state index in [2.05, 4.69) is 5.32 Å². The molecular weight excluding hydrogens is 465 g/mol. The topological polar surface area (TPSA) is 123 Å². The fourth-order valence-corrected chi connectivity index (χ4v) is 3.64. The van der Waals surface area contributed by atoms with Crippen LogP contribution in [0.2, 0.25) is 0 Å². The van der Waals surface area contributed by atoms with Crippen LogP contribution in [0.1, 0.15) is 40.6 Å². The Hall–Kier alpha value is -3.03.